The number of alkyl halides is 3. The Morgan fingerprint density at radius 2 is 1.72 bits per heavy atom. The quantitative estimate of drug-likeness (QED) is 0.363. The van der Waals surface area contributed by atoms with Gasteiger partial charge in [0.05, 0.1) is 40.9 Å². The van der Waals surface area contributed by atoms with Crippen LogP contribution in [0.25, 0.3) is 5.69 Å². The van der Waals surface area contributed by atoms with Gasteiger partial charge in [-0.1, -0.05) is 12.1 Å². The molecule has 3 rings (SSSR count). The van der Waals surface area contributed by atoms with Crippen LogP contribution in [-0.2, 0) is 15.7 Å². The Morgan fingerprint density at radius 3 is 2.38 bits per heavy atom. The van der Waals surface area contributed by atoms with E-state index in [9.17, 15) is 27.6 Å². The summed E-state index contributed by atoms with van der Waals surface area (Å²) in [5.41, 5.74) is -0.00341. The van der Waals surface area contributed by atoms with Crippen molar-refractivity contribution in [2.45, 2.75) is 20.0 Å². The Balaban J connectivity index is 1.90. The lowest BCUT2D eigenvalue weighted by Gasteiger charge is -2.10. The largest absolute Gasteiger partial charge is 0.465 e. The van der Waals surface area contributed by atoms with E-state index in [1.54, 1.807) is 0 Å². The number of nitrogens with one attached hydrogen (secondary N) is 1. The van der Waals surface area contributed by atoms with Crippen LogP contribution in [0, 0.1) is 13.8 Å². The van der Waals surface area contributed by atoms with Gasteiger partial charge in [0, 0.05) is 5.69 Å². The molecule has 10 heteroatoms. The lowest BCUT2D eigenvalue weighted by Crippen LogP contribution is -2.24. The smallest absolute Gasteiger partial charge is 0.416 e. The van der Waals surface area contributed by atoms with Gasteiger partial charge in [-0.15, -0.1) is 0 Å². The van der Waals surface area contributed by atoms with Gasteiger partial charge in [0.1, 0.15) is 0 Å². The SMILES string of the molecule is COC(=O)c1cccc(NC(=O)C(=O)c2c(C)nn(-c3cccc(C(F)(F)F)c3)c2C)c1. The second-order valence-corrected chi connectivity index (χ2v) is 6.86. The molecule has 166 valence electrons. The van der Waals surface area contributed by atoms with E-state index in [-0.39, 0.29) is 33.9 Å². The molecule has 0 spiro atoms. The number of rotatable bonds is 5. The summed E-state index contributed by atoms with van der Waals surface area (Å²) in [4.78, 5) is 37.0. The van der Waals surface area contributed by atoms with E-state index in [0.717, 1.165) is 12.1 Å². The van der Waals surface area contributed by atoms with Gasteiger partial charge in [0.2, 0.25) is 0 Å². The summed E-state index contributed by atoms with van der Waals surface area (Å²) >= 11 is 0. The van der Waals surface area contributed by atoms with Crippen LogP contribution in [0.5, 0.6) is 0 Å². The number of hydrogen-bond donors (Lipinski definition) is 1. The molecular formula is C22H18F3N3O4. The number of carbonyl (C=O) groups is 3. The number of ether oxygens (including phenoxy) is 1. The molecule has 0 aliphatic rings. The average Bonchev–Trinajstić information content (AvgIpc) is 3.06. The minimum atomic E-state index is -4.54. The van der Waals surface area contributed by atoms with E-state index in [4.69, 9.17) is 0 Å². The third-order valence-corrected chi connectivity index (χ3v) is 4.68. The van der Waals surface area contributed by atoms with Crippen LogP contribution < -0.4 is 5.32 Å². The number of esters is 1. The first-order chi connectivity index (χ1) is 15.0. The summed E-state index contributed by atoms with van der Waals surface area (Å²) in [6, 6.07) is 10.3. The molecule has 1 N–H and O–H groups in total. The zero-order valence-electron chi connectivity index (χ0n) is 17.3. The second kappa shape index (κ2) is 8.66. The van der Waals surface area contributed by atoms with Crippen LogP contribution >= 0.6 is 0 Å². The summed E-state index contributed by atoms with van der Waals surface area (Å²) in [5.74, 6) is -2.51. The summed E-state index contributed by atoms with van der Waals surface area (Å²) in [5, 5.41) is 6.56. The number of anilines is 1. The number of amides is 1. The maximum atomic E-state index is 13.0. The van der Waals surface area contributed by atoms with E-state index in [0.29, 0.717) is 0 Å². The van der Waals surface area contributed by atoms with Crippen molar-refractivity contribution >= 4 is 23.3 Å². The van der Waals surface area contributed by atoms with E-state index in [1.165, 1.54) is 62.0 Å². The highest BCUT2D eigenvalue weighted by Crippen LogP contribution is 2.31. The van der Waals surface area contributed by atoms with E-state index in [1.807, 2.05) is 0 Å². The third-order valence-electron chi connectivity index (χ3n) is 4.68. The Morgan fingerprint density at radius 1 is 1.03 bits per heavy atom. The normalized spacial score (nSPS) is 11.2. The molecule has 0 bridgehead atoms. The monoisotopic (exact) mass is 445 g/mol. The van der Waals surface area contributed by atoms with Gasteiger partial charge in [-0.3, -0.25) is 9.59 Å². The highest BCUT2D eigenvalue weighted by Gasteiger charge is 2.31. The molecule has 0 aliphatic carbocycles. The summed E-state index contributed by atoms with van der Waals surface area (Å²) < 4.78 is 44.9. The third kappa shape index (κ3) is 4.53. The first-order valence-electron chi connectivity index (χ1n) is 9.31. The van der Waals surface area contributed by atoms with Gasteiger partial charge in [-0.25, -0.2) is 9.48 Å². The van der Waals surface area contributed by atoms with Crippen molar-refractivity contribution in [2.75, 3.05) is 12.4 Å². The zero-order valence-corrected chi connectivity index (χ0v) is 17.3. The van der Waals surface area contributed by atoms with Crippen LogP contribution in [0.2, 0.25) is 0 Å². The molecule has 0 radical (unpaired) electrons. The number of nitrogens with zero attached hydrogens (tertiary/aromatic N) is 2. The van der Waals surface area contributed by atoms with Crippen molar-refractivity contribution in [3.05, 3.63) is 76.6 Å². The molecular weight excluding hydrogens is 427 g/mol. The summed E-state index contributed by atoms with van der Waals surface area (Å²) in [6.07, 6.45) is -4.54. The Kier molecular flexibility index (Phi) is 6.15. The predicted octanol–water partition coefficient (Wildman–Crippen LogP) is 4.12. The van der Waals surface area contributed by atoms with Gasteiger partial charge in [0.25, 0.3) is 11.7 Å². The Labute approximate surface area is 180 Å². The molecule has 0 aliphatic heterocycles. The number of methoxy groups -OCH3 is 1. The fraction of sp³-hybridized carbons (Fsp3) is 0.182. The van der Waals surface area contributed by atoms with Crippen molar-refractivity contribution in [3.63, 3.8) is 0 Å². The molecule has 32 heavy (non-hydrogen) atoms. The maximum absolute atomic E-state index is 13.0. The van der Waals surface area contributed by atoms with Gasteiger partial charge >= 0.3 is 12.1 Å². The number of ketones is 1. The molecule has 0 atom stereocenters. The number of carbonyl (C=O) groups excluding carboxylic acids is 3. The van der Waals surface area contributed by atoms with Crippen LogP contribution in [0.1, 0.15) is 37.7 Å². The molecule has 0 saturated carbocycles. The first kappa shape index (κ1) is 22.7. The molecule has 1 heterocycles. The van der Waals surface area contributed by atoms with E-state index in [2.05, 4.69) is 15.2 Å². The predicted molar refractivity (Wildman–Crippen MR) is 109 cm³/mol. The van der Waals surface area contributed by atoms with Crippen molar-refractivity contribution in [1.29, 1.82) is 0 Å². The number of aryl methyl sites for hydroxylation is 1. The molecule has 1 amide bonds. The average molecular weight is 445 g/mol. The lowest BCUT2D eigenvalue weighted by atomic mass is 10.1. The van der Waals surface area contributed by atoms with Gasteiger partial charge in [-0.2, -0.15) is 18.3 Å². The number of aromatic nitrogens is 2. The highest BCUT2D eigenvalue weighted by atomic mass is 19.4. The minimum Gasteiger partial charge on any atom is -0.465 e. The molecule has 2 aromatic carbocycles. The topological polar surface area (TPSA) is 90.3 Å². The fourth-order valence-electron chi connectivity index (χ4n) is 3.18. The van der Waals surface area contributed by atoms with Crippen molar-refractivity contribution in [1.82, 2.24) is 9.78 Å². The van der Waals surface area contributed by atoms with Crippen LogP contribution in [0.3, 0.4) is 0 Å². The molecule has 7 nitrogen and oxygen atoms in total. The highest BCUT2D eigenvalue weighted by molar-refractivity contribution is 6.47. The van der Waals surface area contributed by atoms with Gasteiger partial charge in [-0.05, 0) is 50.2 Å². The van der Waals surface area contributed by atoms with Crippen LogP contribution in [0.4, 0.5) is 18.9 Å². The Hall–Kier alpha value is -3.95. The minimum absolute atomic E-state index is 0.0240. The van der Waals surface area contributed by atoms with E-state index >= 15 is 0 Å². The number of halogens is 3. The molecule has 0 unspecified atom stereocenters. The first-order valence-corrected chi connectivity index (χ1v) is 9.31. The lowest BCUT2D eigenvalue weighted by molar-refractivity contribution is -0.137. The van der Waals surface area contributed by atoms with Crippen molar-refractivity contribution in [2.24, 2.45) is 0 Å². The van der Waals surface area contributed by atoms with Crippen molar-refractivity contribution < 1.29 is 32.3 Å². The zero-order chi connectivity index (χ0) is 23.6. The maximum Gasteiger partial charge on any atom is 0.416 e. The Bertz CT molecular complexity index is 1220. The molecule has 0 fully saturated rings. The second-order valence-electron chi connectivity index (χ2n) is 6.86. The van der Waals surface area contributed by atoms with Crippen LogP contribution in [-0.4, -0.2) is 34.6 Å². The number of hydrogen-bond acceptors (Lipinski definition) is 5. The van der Waals surface area contributed by atoms with Crippen LogP contribution in [0.15, 0.2) is 48.5 Å². The summed E-state index contributed by atoms with van der Waals surface area (Å²) in [7, 11) is 1.21. The van der Waals surface area contributed by atoms with Gasteiger partial charge < -0.3 is 10.1 Å². The van der Waals surface area contributed by atoms with Crippen molar-refractivity contribution in [3.8, 4) is 5.69 Å². The molecule has 0 saturated heterocycles. The number of benzene rings is 2. The summed E-state index contributed by atoms with van der Waals surface area (Å²) in [6.45, 7) is 2.97. The molecule has 3 aromatic rings. The number of Topliss-reactive ketones (excluding diaryl/α,β-unsaturated/α-hetero) is 1. The fourth-order valence-corrected chi connectivity index (χ4v) is 3.18. The van der Waals surface area contributed by atoms with Gasteiger partial charge in [0.15, 0.2) is 0 Å². The standard InChI is InChI=1S/C22H18F3N3O4/c1-12-18(13(2)28(27-12)17-9-5-7-15(11-17)22(23,24)25)19(29)20(30)26-16-8-4-6-14(10-16)21(31)32-3/h4-11H,1-3H3,(H,26,30). The van der Waals surface area contributed by atoms with E-state index < -0.39 is 29.4 Å². The molecule has 1 aromatic heterocycles.